The van der Waals surface area contributed by atoms with Crippen molar-refractivity contribution in [1.29, 1.82) is 0 Å². The Labute approximate surface area is 93.7 Å². The second kappa shape index (κ2) is 6.45. The molecule has 0 aromatic carbocycles. The van der Waals surface area contributed by atoms with Crippen molar-refractivity contribution in [1.82, 2.24) is 10.6 Å². The van der Waals surface area contributed by atoms with Crippen LogP contribution in [-0.2, 0) is 9.84 Å². The van der Waals surface area contributed by atoms with Gasteiger partial charge in [-0.25, -0.2) is 8.42 Å². The van der Waals surface area contributed by atoms with E-state index >= 15 is 0 Å². The lowest BCUT2D eigenvalue weighted by atomic mass is 10.2. The monoisotopic (exact) mass is 236 g/mol. The highest BCUT2D eigenvalue weighted by Crippen LogP contribution is 2.12. The fourth-order valence-corrected chi connectivity index (χ4v) is 1.36. The zero-order chi connectivity index (χ0) is 11.9. The molecule has 0 aliphatic carbocycles. The SMILES string of the molecule is CCCNCCNCC(C)(C)S(C)(=O)=O. The van der Waals surface area contributed by atoms with Crippen molar-refractivity contribution in [3.63, 3.8) is 0 Å². The number of hydrogen-bond acceptors (Lipinski definition) is 4. The third-order valence-electron chi connectivity index (χ3n) is 2.46. The van der Waals surface area contributed by atoms with E-state index in [0.29, 0.717) is 6.54 Å². The summed E-state index contributed by atoms with van der Waals surface area (Å²) in [4.78, 5) is 0. The second-order valence-corrected chi connectivity index (χ2v) is 7.11. The molecule has 0 radical (unpaired) electrons. The van der Waals surface area contributed by atoms with Crippen molar-refractivity contribution in [2.45, 2.75) is 31.9 Å². The van der Waals surface area contributed by atoms with E-state index < -0.39 is 14.6 Å². The molecule has 0 aliphatic rings. The highest BCUT2D eigenvalue weighted by molar-refractivity contribution is 7.92. The van der Waals surface area contributed by atoms with Crippen LogP contribution in [0.5, 0.6) is 0 Å². The van der Waals surface area contributed by atoms with Gasteiger partial charge >= 0.3 is 0 Å². The molecule has 2 N–H and O–H groups in total. The third-order valence-corrected chi connectivity index (χ3v) is 4.61. The molecule has 4 nitrogen and oxygen atoms in total. The Morgan fingerprint density at radius 1 is 1.07 bits per heavy atom. The van der Waals surface area contributed by atoms with Gasteiger partial charge in [-0.3, -0.25) is 0 Å². The lowest BCUT2D eigenvalue weighted by molar-refractivity contribution is 0.515. The lowest BCUT2D eigenvalue weighted by Gasteiger charge is -2.22. The Morgan fingerprint density at radius 2 is 1.60 bits per heavy atom. The Morgan fingerprint density at radius 3 is 2.07 bits per heavy atom. The normalized spacial score (nSPS) is 13.1. The van der Waals surface area contributed by atoms with Gasteiger partial charge < -0.3 is 10.6 Å². The summed E-state index contributed by atoms with van der Waals surface area (Å²) in [6, 6.07) is 0. The average molecular weight is 236 g/mol. The number of nitrogens with one attached hydrogen (secondary N) is 2. The lowest BCUT2D eigenvalue weighted by Crippen LogP contribution is -2.43. The van der Waals surface area contributed by atoms with Gasteiger partial charge in [-0.2, -0.15) is 0 Å². The van der Waals surface area contributed by atoms with Gasteiger partial charge in [-0.05, 0) is 26.8 Å². The van der Waals surface area contributed by atoms with Crippen LogP contribution < -0.4 is 10.6 Å². The molecule has 0 amide bonds. The van der Waals surface area contributed by atoms with E-state index in [2.05, 4.69) is 17.6 Å². The predicted octanol–water partition coefficient (Wildman–Crippen LogP) is 0.399. The largest absolute Gasteiger partial charge is 0.315 e. The molecule has 0 spiro atoms. The molecular weight excluding hydrogens is 212 g/mol. The van der Waals surface area contributed by atoms with E-state index in [1.807, 2.05) is 0 Å². The maximum atomic E-state index is 11.4. The molecule has 0 fully saturated rings. The van der Waals surface area contributed by atoms with Crippen LogP contribution in [0.3, 0.4) is 0 Å². The van der Waals surface area contributed by atoms with Crippen molar-refractivity contribution in [2.24, 2.45) is 0 Å². The number of rotatable bonds is 8. The Hall–Kier alpha value is -0.130. The van der Waals surface area contributed by atoms with Crippen LogP contribution in [0, 0.1) is 0 Å². The standard InChI is InChI=1S/C10H24N2O2S/c1-5-6-11-7-8-12-9-10(2,3)15(4,13)14/h11-12H,5-9H2,1-4H3. The third kappa shape index (κ3) is 6.12. The number of hydrogen-bond donors (Lipinski definition) is 2. The van der Waals surface area contributed by atoms with E-state index in [9.17, 15) is 8.42 Å². The van der Waals surface area contributed by atoms with Gasteiger partial charge in [0, 0.05) is 25.9 Å². The Bertz CT molecular complexity index is 261. The van der Waals surface area contributed by atoms with Crippen LogP contribution in [-0.4, -0.2) is 45.6 Å². The molecule has 0 saturated heterocycles. The molecule has 0 saturated carbocycles. The summed E-state index contributed by atoms with van der Waals surface area (Å²) in [5.41, 5.74) is 0. The van der Waals surface area contributed by atoms with Crippen molar-refractivity contribution >= 4 is 9.84 Å². The molecular formula is C10H24N2O2S. The van der Waals surface area contributed by atoms with Crippen LogP contribution in [0.25, 0.3) is 0 Å². The molecule has 0 rings (SSSR count). The highest BCUT2D eigenvalue weighted by Gasteiger charge is 2.29. The van der Waals surface area contributed by atoms with Gasteiger partial charge in [0.15, 0.2) is 9.84 Å². The predicted molar refractivity (Wildman–Crippen MR) is 65.0 cm³/mol. The molecule has 0 atom stereocenters. The van der Waals surface area contributed by atoms with Crippen LogP contribution in [0.4, 0.5) is 0 Å². The van der Waals surface area contributed by atoms with Crippen molar-refractivity contribution < 1.29 is 8.42 Å². The van der Waals surface area contributed by atoms with Crippen molar-refractivity contribution in [3.05, 3.63) is 0 Å². The fourth-order valence-electron chi connectivity index (χ4n) is 0.999. The van der Waals surface area contributed by atoms with Gasteiger partial charge in [-0.15, -0.1) is 0 Å². The average Bonchev–Trinajstić information content (AvgIpc) is 2.09. The van der Waals surface area contributed by atoms with Gasteiger partial charge in [0.05, 0.1) is 4.75 Å². The Kier molecular flexibility index (Phi) is 6.40. The smallest absolute Gasteiger partial charge is 0.153 e. The first-order valence-electron chi connectivity index (χ1n) is 5.42. The molecule has 92 valence electrons. The first-order valence-corrected chi connectivity index (χ1v) is 7.31. The quantitative estimate of drug-likeness (QED) is 0.599. The van der Waals surface area contributed by atoms with E-state index in [-0.39, 0.29) is 0 Å². The molecule has 0 unspecified atom stereocenters. The van der Waals surface area contributed by atoms with Gasteiger partial charge in [0.1, 0.15) is 0 Å². The molecule has 15 heavy (non-hydrogen) atoms. The van der Waals surface area contributed by atoms with Crippen LogP contribution in [0.15, 0.2) is 0 Å². The zero-order valence-corrected chi connectivity index (χ0v) is 11.1. The molecule has 0 aliphatic heterocycles. The highest BCUT2D eigenvalue weighted by atomic mass is 32.2. The summed E-state index contributed by atoms with van der Waals surface area (Å²) >= 11 is 0. The van der Waals surface area contributed by atoms with Gasteiger partial charge in [-0.1, -0.05) is 6.92 Å². The molecule has 0 aromatic heterocycles. The van der Waals surface area contributed by atoms with Gasteiger partial charge in [0.2, 0.25) is 0 Å². The molecule has 0 bridgehead atoms. The van der Waals surface area contributed by atoms with E-state index in [1.165, 1.54) is 6.26 Å². The van der Waals surface area contributed by atoms with Gasteiger partial charge in [0.25, 0.3) is 0 Å². The van der Waals surface area contributed by atoms with Crippen LogP contribution in [0.1, 0.15) is 27.2 Å². The minimum Gasteiger partial charge on any atom is -0.315 e. The maximum absolute atomic E-state index is 11.4. The summed E-state index contributed by atoms with van der Waals surface area (Å²) in [7, 11) is -2.98. The minimum atomic E-state index is -2.98. The topological polar surface area (TPSA) is 58.2 Å². The molecule has 0 heterocycles. The zero-order valence-electron chi connectivity index (χ0n) is 10.3. The molecule has 0 aromatic rings. The van der Waals surface area contributed by atoms with E-state index in [4.69, 9.17) is 0 Å². The van der Waals surface area contributed by atoms with E-state index in [0.717, 1.165) is 26.1 Å². The van der Waals surface area contributed by atoms with Crippen LogP contribution >= 0.6 is 0 Å². The summed E-state index contributed by atoms with van der Waals surface area (Å²) < 4.78 is 22.0. The second-order valence-electron chi connectivity index (χ2n) is 4.46. The maximum Gasteiger partial charge on any atom is 0.153 e. The van der Waals surface area contributed by atoms with E-state index in [1.54, 1.807) is 13.8 Å². The Balaban J connectivity index is 3.68. The fraction of sp³-hybridized carbons (Fsp3) is 1.00. The summed E-state index contributed by atoms with van der Waals surface area (Å²) in [6.45, 7) is 8.81. The van der Waals surface area contributed by atoms with Crippen molar-refractivity contribution in [3.8, 4) is 0 Å². The number of sulfone groups is 1. The first kappa shape index (κ1) is 14.9. The first-order chi connectivity index (χ1) is 6.81. The summed E-state index contributed by atoms with van der Waals surface area (Å²) in [5.74, 6) is 0. The summed E-state index contributed by atoms with van der Waals surface area (Å²) in [5, 5.41) is 6.40. The van der Waals surface area contributed by atoms with Crippen LogP contribution in [0.2, 0.25) is 0 Å². The minimum absolute atomic E-state index is 0.500. The summed E-state index contributed by atoms with van der Waals surface area (Å²) in [6.07, 6.45) is 2.40. The van der Waals surface area contributed by atoms with Crippen molar-refractivity contribution in [2.75, 3.05) is 32.4 Å². The molecule has 5 heteroatoms.